The Kier molecular flexibility index (Phi) is 2.42. The first-order valence-corrected chi connectivity index (χ1v) is 4.17. The molecule has 0 radical (unpaired) electrons. The van der Waals surface area contributed by atoms with E-state index >= 15 is 0 Å². The van der Waals surface area contributed by atoms with Crippen molar-refractivity contribution in [1.82, 2.24) is 0 Å². The van der Waals surface area contributed by atoms with Crippen LogP contribution in [-0.2, 0) is 9.53 Å². The van der Waals surface area contributed by atoms with Crippen LogP contribution in [0.3, 0.4) is 0 Å². The SMILES string of the molecule is COC(=O)C#CC(C)(C)C1CC1. The summed E-state index contributed by atoms with van der Waals surface area (Å²) in [6.07, 6.45) is 2.48. The Morgan fingerprint density at radius 3 is 2.50 bits per heavy atom. The van der Waals surface area contributed by atoms with Gasteiger partial charge in [0, 0.05) is 11.3 Å². The van der Waals surface area contributed by atoms with Gasteiger partial charge in [-0.25, -0.2) is 4.79 Å². The van der Waals surface area contributed by atoms with Gasteiger partial charge in [0.1, 0.15) is 0 Å². The van der Waals surface area contributed by atoms with E-state index in [2.05, 4.69) is 30.4 Å². The molecule has 0 N–H and O–H groups in total. The summed E-state index contributed by atoms with van der Waals surface area (Å²) in [6.45, 7) is 4.14. The maximum Gasteiger partial charge on any atom is 0.384 e. The first-order chi connectivity index (χ1) is 5.56. The molecule has 0 amide bonds. The molecule has 0 unspecified atom stereocenters. The number of carbonyl (C=O) groups excluding carboxylic acids is 1. The molecule has 1 rings (SSSR count). The molecule has 12 heavy (non-hydrogen) atoms. The molecule has 0 heterocycles. The zero-order chi connectivity index (χ0) is 9.19. The zero-order valence-corrected chi connectivity index (χ0v) is 7.81. The second-order valence-corrected chi connectivity index (χ2v) is 3.74. The summed E-state index contributed by atoms with van der Waals surface area (Å²) in [5.41, 5.74) is -0.0197. The largest absolute Gasteiger partial charge is 0.459 e. The van der Waals surface area contributed by atoms with E-state index in [-0.39, 0.29) is 5.41 Å². The van der Waals surface area contributed by atoms with Gasteiger partial charge in [-0.1, -0.05) is 5.92 Å². The lowest BCUT2D eigenvalue weighted by atomic mass is 9.88. The predicted octanol–water partition coefficient (Wildman–Crippen LogP) is 1.60. The fourth-order valence-electron chi connectivity index (χ4n) is 1.17. The van der Waals surface area contributed by atoms with Gasteiger partial charge >= 0.3 is 5.97 Å². The van der Waals surface area contributed by atoms with Gasteiger partial charge in [0.15, 0.2) is 0 Å². The number of carbonyl (C=O) groups is 1. The van der Waals surface area contributed by atoms with Crippen molar-refractivity contribution in [1.29, 1.82) is 0 Å². The summed E-state index contributed by atoms with van der Waals surface area (Å²) < 4.78 is 4.43. The minimum Gasteiger partial charge on any atom is -0.459 e. The van der Waals surface area contributed by atoms with Crippen molar-refractivity contribution in [3.63, 3.8) is 0 Å². The predicted molar refractivity (Wildman–Crippen MR) is 46.3 cm³/mol. The number of ether oxygens (including phenoxy) is 1. The van der Waals surface area contributed by atoms with Crippen molar-refractivity contribution >= 4 is 5.97 Å². The third kappa shape index (κ3) is 2.27. The molecule has 0 atom stereocenters. The van der Waals surface area contributed by atoms with Gasteiger partial charge in [0.25, 0.3) is 0 Å². The topological polar surface area (TPSA) is 26.3 Å². The summed E-state index contributed by atoms with van der Waals surface area (Å²) in [4.78, 5) is 10.7. The summed E-state index contributed by atoms with van der Waals surface area (Å²) >= 11 is 0. The van der Waals surface area contributed by atoms with Crippen molar-refractivity contribution in [3.8, 4) is 11.8 Å². The average Bonchev–Trinajstić information content (AvgIpc) is 2.82. The van der Waals surface area contributed by atoms with Crippen molar-refractivity contribution in [3.05, 3.63) is 0 Å². The van der Waals surface area contributed by atoms with Crippen LogP contribution in [0.15, 0.2) is 0 Å². The van der Waals surface area contributed by atoms with Gasteiger partial charge in [0.05, 0.1) is 7.11 Å². The van der Waals surface area contributed by atoms with Crippen molar-refractivity contribution in [2.24, 2.45) is 11.3 Å². The van der Waals surface area contributed by atoms with Crippen LogP contribution < -0.4 is 0 Å². The maximum absolute atomic E-state index is 10.7. The molecule has 1 fully saturated rings. The van der Waals surface area contributed by atoms with E-state index in [4.69, 9.17) is 0 Å². The first kappa shape index (κ1) is 9.12. The molecule has 0 saturated heterocycles. The molecule has 1 saturated carbocycles. The van der Waals surface area contributed by atoms with Gasteiger partial charge in [-0.2, -0.15) is 0 Å². The standard InChI is InChI=1S/C10H14O2/c1-10(2,8-4-5-8)7-6-9(11)12-3/h8H,4-5H2,1-3H3. The molecule has 66 valence electrons. The van der Waals surface area contributed by atoms with E-state index in [1.165, 1.54) is 20.0 Å². The second kappa shape index (κ2) is 3.18. The summed E-state index contributed by atoms with van der Waals surface area (Å²) in [5.74, 6) is 5.66. The van der Waals surface area contributed by atoms with Crippen LogP contribution in [0.1, 0.15) is 26.7 Å². The molecule has 0 aliphatic heterocycles. The fourth-order valence-corrected chi connectivity index (χ4v) is 1.17. The van der Waals surface area contributed by atoms with Gasteiger partial charge < -0.3 is 4.74 Å². The van der Waals surface area contributed by atoms with Crippen LogP contribution in [0.2, 0.25) is 0 Å². The van der Waals surface area contributed by atoms with E-state index in [0.29, 0.717) is 5.92 Å². The lowest BCUT2D eigenvalue weighted by Crippen LogP contribution is -2.11. The Morgan fingerprint density at radius 1 is 1.50 bits per heavy atom. The third-order valence-corrected chi connectivity index (χ3v) is 2.27. The van der Waals surface area contributed by atoms with Gasteiger partial charge in [-0.3, -0.25) is 0 Å². The van der Waals surface area contributed by atoms with E-state index in [9.17, 15) is 4.79 Å². The molecule has 2 heteroatoms. The van der Waals surface area contributed by atoms with Crippen LogP contribution >= 0.6 is 0 Å². The van der Waals surface area contributed by atoms with Crippen molar-refractivity contribution in [2.75, 3.05) is 7.11 Å². The number of methoxy groups -OCH3 is 1. The normalized spacial score (nSPS) is 16.2. The zero-order valence-electron chi connectivity index (χ0n) is 7.81. The molecule has 1 aliphatic rings. The molecule has 0 aromatic carbocycles. The van der Waals surface area contributed by atoms with Gasteiger partial charge in [0.2, 0.25) is 0 Å². The first-order valence-electron chi connectivity index (χ1n) is 4.17. The molecule has 0 bridgehead atoms. The number of hydrogen-bond donors (Lipinski definition) is 0. The van der Waals surface area contributed by atoms with Gasteiger partial charge in [-0.15, -0.1) is 0 Å². The minimum atomic E-state index is -0.441. The molecule has 0 aromatic rings. The van der Waals surface area contributed by atoms with Crippen molar-refractivity contribution < 1.29 is 9.53 Å². The maximum atomic E-state index is 10.7. The number of hydrogen-bond acceptors (Lipinski definition) is 2. The van der Waals surface area contributed by atoms with Crippen LogP contribution in [0, 0.1) is 23.2 Å². The Balaban J connectivity index is 2.55. The number of rotatable bonds is 1. The Hall–Kier alpha value is -0.970. The number of esters is 1. The lowest BCUT2D eigenvalue weighted by molar-refractivity contribution is -0.133. The Morgan fingerprint density at radius 2 is 2.08 bits per heavy atom. The lowest BCUT2D eigenvalue weighted by Gasteiger charge is -2.15. The van der Waals surface area contributed by atoms with Crippen LogP contribution in [0.25, 0.3) is 0 Å². The van der Waals surface area contributed by atoms with Crippen molar-refractivity contribution in [2.45, 2.75) is 26.7 Å². The average molecular weight is 166 g/mol. The molecular weight excluding hydrogens is 152 g/mol. The monoisotopic (exact) mass is 166 g/mol. The summed E-state index contributed by atoms with van der Waals surface area (Å²) in [5, 5.41) is 0. The summed E-state index contributed by atoms with van der Waals surface area (Å²) in [7, 11) is 1.35. The van der Waals surface area contributed by atoms with Gasteiger partial charge in [-0.05, 0) is 32.6 Å². The minimum absolute atomic E-state index is 0.0197. The van der Waals surface area contributed by atoms with Crippen LogP contribution in [0.4, 0.5) is 0 Å². The highest BCUT2D eigenvalue weighted by Gasteiger charge is 2.36. The molecular formula is C10H14O2. The van der Waals surface area contributed by atoms with E-state index in [1.54, 1.807) is 0 Å². The third-order valence-electron chi connectivity index (χ3n) is 2.27. The van der Waals surface area contributed by atoms with E-state index in [0.717, 1.165) is 0 Å². The Labute approximate surface area is 73.3 Å². The highest BCUT2D eigenvalue weighted by atomic mass is 16.5. The van der Waals surface area contributed by atoms with Crippen LogP contribution in [-0.4, -0.2) is 13.1 Å². The summed E-state index contributed by atoms with van der Waals surface area (Å²) in [6, 6.07) is 0. The molecule has 0 spiro atoms. The highest BCUT2D eigenvalue weighted by Crippen LogP contribution is 2.44. The molecule has 0 aromatic heterocycles. The Bertz CT molecular complexity index is 238. The van der Waals surface area contributed by atoms with E-state index in [1.807, 2.05) is 0 Å². The molecule has 1 aliphatic carbocycles. The van der Waals surface area contributed by atoms with Crippen LogP contribution in [0.5, 0.6) is 0 Å². The smallest absolute Gasteiger partial charge is 0.384 e. The molecule has 2 nitrogen and oxygen atoms in total. The fraction of sp³-hybridized carbons (Fsp3) is 0.700. The highest BCUT2D eigenvalue weighted by molar-refractivity contribution is 5.88. The quantitative estimate of drug-likeness (QED) is 0.336. The second-order valence-electron chi connectivity index (χ2n) is 3.74. The van der Waals surface area contributed by atoms with E-state index < -0.39 is 5.97 Å².